The Labute approximate surface area is 229 Å². The van der Waals surface area contributed by atoms with Crippen LogP contribution in [0.2, 0.25) is 0 Å². The summed E-state index contributed by atoms with van der Waals surface area (Å²) >= 11 is 0. The number of nitrogens with zero attached hydrogens (tertiary/aromatic N) is 3. The molecule has 1 aromatic heterocycles. The highest BCUT2D eigenvalue weighted by molar-refractivity contribution is 6.05. The van der Waals surface area contributed by atoms with Crippen molar-refractivity contribution in [3.8, 4) is 5.88 Å². The molecule has 1 aromatic carbocycles. The van der Waals surface area contributed by atoms with Crippen LogP contribution in [-0.2, 0) is 19.4 Å². The molecule has 39 heavy (non-hydrogen) atoms. The average Bonchev–Trinajstić information content (AvgIpc) is 3.07. The van der Waals surface area contributed by atoms with Crippen LogP contribution in [0.5, 0.6) is 5.88 Å². The number of carbonyl (C=O) groups excluding carboxylic acids is 2. The fourth-order valence-electron chi connectivity index (χ4n) is 6.31. The molecule has 1 saturated carbocycles. The zero-order valence-corrected chi connectivity index (χ0v) is 23.1. The van der Waals surface area contributed by atoms with E-state index in [0.29, 0.717) is 30.4 Å². The number of pyridine rings is 1. The second kappa shape index (κ2) is 11.7. The van der Waals surface area contributed by atoms with Crippen LogP contribution in [0.3, 0.4) is 0 Å². The molecule has 5 rings (SSSR count). The molecule has 0 bridgehead atoms. The van der Waals surface area contributed by atoms with Crippen molar-refractivity contribution in [1.82, 2.24) is 14.8 Å². The number of aromatic nitrogens is 1. The van der Waals surface area contributed by atoms with Gasteiger partial charge in [0, 0.05) is 69.3 Å². The highest BCUT2D eigenvalue weighted by Gasteiger charge is 2.30. The van der Waals surface area contributed by atoms with Crippen molar-refractivity contribution >= 4 is 11.7 Å². The molecule has 0 atom stereocenters. The standard InChI is InChI=1S/C31H39F2N3O3/c1-31(32,33)20-39-29-11-10-23-13-16-36(17-14-27(23)34-29)15-12-21-6-8-22(9-7-21)18-28(37)24-4-3-5-25-26(24)19-35(2)30(25)38/h3-5,10-11,21-22H,6-9,12-20H2,1-2H3. The molecule has 3 heterocycles. The number of hydrogen-bond acceptors (Lipinski definition) is 5. The molecule has 0 unspecified atom stereocenters. The summed E-state index contributed by atoms with van der Waals surface area (Å²) in [5.74, 6) is -1.32. The first-order chi connectivity index (χ1) is 18.7. The number of amides is 1. The van der Waals surface area contributed by atoms with Gasteiger partial charge in [0.05, 0.1) is 0 Å². The molecule has 2 aromatic rings. The smallest absolute Gasteiger partial charge is 0.278 e. The Balaban J connectivity index is 1.05. The minimum atomic E-state index is -2.87. The maximum Gasteiger partial charge on any atom is 0.278 e. The number of benzene rings is 1. The molecule has 6 nitrogen and oxygen atoms in total. The largest absolute Gasteiger partial charge is 0.471 e. The third kappa shape index (κ3) is 6.83. The van der Waals surface area contributed by atoms with Crippen molar-refractivity contribution in [3.63, 3.8) is 0 Å². The average molecular weight is 540 g/mol. The van der Waals surface area contributed by atoms with E-state index in [-0.39, 0.29) is 17.6 Å². The third-order valence-corrected chi connectivity index (χ3v) is 8.62. The van der Waals surface area contributed by atoms with Gasteiger partial charge in [-0.1, -0.05) is 31.0 Å². The summed E-state index contributed by atoms with van der Waals surface area (Å²) in [6.45, 7) is 3.65. The SMILES string of the molecule is CN1Cc2c(C(=O)CC3CCC(CCN4CCc5ccc(OCC(C)(F)F)nc5CC4)CC3)cccc2C1=O. The van der Waals surface area contributed by atoms with E-state index >= 15 is 0 Å². The number of ether oxygens (including phenoxy) is 1. The molecule has 1 amide bonds. The number of Topliss-reactive ketones (excluding diaryl/α,β-unsaturated/α-hetero) is 1. The lowest BCUT2D eigenvalue weighted by Crippen LogP contribution is -2.29. The van der Waals surface area contributed by atoms with Gasteiger partial charge in [-0.25, -0.2) is 13.8 Å². The number of rotatable bonds is 9. The lowest BCUT2D eigenvalue weighted by atomic mass is 9.78. The van der Waals surface area contributed by atoms with E-state index in [9.17, 15) is 18.4 Å². The lowest BCUT2D eigenvalue weighted by molar-refractivity contribution is -0.0243. The van der Waals surface area contributed by atoms with E-state index in [0.717, 1.165) is 88.3 Å². The Bertz CT molecular complexity index is 1200. The second-order valence-electron chi connectivity index (χ2n) is 11.8. The number of carbonyl (C=O) groups is 2. The van der Waals surface area contributed by atoms with E-state index in [1.807, 2.05) is 24.3 Å². The van der Waals surface area contributed by atoms with Crippen molar-refractivity contribution in [3.05, 3.63) is 58.3 Å². The molecule has 0 saturated heterocycles. The fraction of sp³-hybridized carbons (Fsp3) is 0.581. The lowest BCUT2D eigenvalue weighted by Gasteiger charge is -2.30. The number of alkyl halides is 2. The quantitative estimate of drug-likeness (QED) is 0.390. The Morgan fingerprint density at radius 2 is 1.82 bits per heavy atom. The summed E-state index contributed by atoms with van der Waals surface area (Å²) in [5, 5.41) is 0. The van der Waals surface area contributed by atoms with Crippen LogP contribution in [0.1, 0.15) is 83.0 Å². The fourth-order valence-corrected chi connectivity index (χ4v) is 6.31. The Hall–Kier alpha value is -2.87. The number of halogens is 2. The zero-order chi connectivity index (χ0) is 27.6. The molecular formula is C31H39F2N3O3. The van der Waals surface area contributed by atoms with Gasteiger partial charge in [0.2, 0.25) is 5.88 Å². The van der Waals surface area contributed by atoms with Gasteiger partial charge in [-0.05, 0) is 61.3 Å². The van der Waals surface area contributed by atoms with Crippen molar-refractivity contribution in [2.24, 2.45) is 11.8 Å². The van der Waals surface area contributed by atoms with E-state index in [1.165, 1.54) is 5.56 Å². The first-order valence-corrected chi connectivity index (χ1v) is 14.3. The summed E-state index contributed by atoms with van der Waals surface area (Å²) in [6.07, 6.45) is 7.92. The van der Waals surface area contributed by atoms with Crippen molar-refractivity contribution in [2.75, 3.05) is 33.3 Å². The first kappa shape index (κ1) is 27.7. The normalized spacial score (nSPS) is 21.8. The molecule has 8 heteroatoms. The Morgan fingerprint density at radius 1 is 1.08 bits per heavy atom. The molecule has 3 aliphatic rings. The number of fused-ring (bicyclic) bond motifs is 2. The molecule has 0 spiro atoms. The zero-order valence-electron chi connectivity index (χ0n) is 23.1. The van der Waals surface area contributed by atoms with Crippen LogP contribution in [0.4, 0.5) is 8.78 Å². The molecular weight excluding hydrogens is 500 g/mol. The molecule has 0 radical (unpaired) electrons. The molecule has 1 fully saturated rings. The Kier molecular flexibility index (Phi) is 8.31. The summed E-state index contributed by atoms with van der Waals surface area (Å²) < 4.78 is 31.5. The predicted octanol–water partition coefficient (Wildman–Crippen LogP) is 5.57. The van der Waals surface area contributed by atoms with Gasteiger partial charge in [0.25, 0.3) is 11.8 Å². The van der Waals surface area contributed by atoms with Crippen molar-refractivity contribution in [2.45, 2.75) is 70.8 Å². The first-order valence-electron chi connectivity index (χ1n) is 14.3. The Morgan fingerprint density at radius 3 is 2.59 bits per heavy atom. The van der Waals surface area contributed by atoms with Gasteiger partial charge in [-0.15, -0.1) is 0 Å². The van der Waals surface area contributed by atoms with Crippen molar-refractivity contribution < 1.29 is 23.1 Å². The predicted molar refractivity (Wildman–Crippen MR) is 145 cm³/mol. The monoisotopic (exact) mass is 539 g/mol. The number of ketones is 1. The van der Waals surface area contributed by atoms with Gasteiger partial charge >= 0.3 is 0 Å². The van der Waals surface area contributed by atoms with Gasteiger partial charge in [0.15, 0.2) is 12.4 Å². The molecule has 1 aliphatic carbocycles. The van der Waals surface area contributed by atoms with Gasteiger partial charge < -0.3 is 14.5 Å². The topological polar surface area (TPSA) is 62.7 Å². The van der Waals surface area contributed by atoms with Gasteiger partial charge in [-0.2, -0.15) is 0 Å². The molecule has 2 aliphatic heterocycles. The van der Waals surface area contributed by atoms with Crippen molar-refractivity contribution in [1.29, 1.82) is 0 Å². The summed E-state index contributed by atoms with van der Waals surface area (Å²) in [7, 11) is 1.78. The van der Waals surface area contributed by atoms with Crippen LogP contribution in [0.25, 0.3) is 0 Å². The van der Waals surface area contributed by atoms with E-state index in [1.54, 1.807) is 18.0 Å². The second-order valence-corrected chi connectivity index (χ2v) is 11.8. The van der Waals surface area contributed by atoms with Gasteiger partial charge in [-0.3, -0.25) is 9.59 Å². The minimum absolute atomic E-state index is 0.00259. The van der Waals surface area contributed by atoms with Crippen LogP contribution in [0, 0.1) is 11.8 Å². The summed E-state index contributed by atoms with van der Waals surface area (Å²) in [6, 6.07) is 9.21. The number of hydrogen-bond donors (Lipinski definition) is 0. The highest BCUT2D eigenvalue weighted by Crippen LogP contribution is 2.35. The maximum atomic E-state index is 13.1. The summed E-state index contributed by atoms with van der Waals surface area (Å²) in [4.78, 5) is 34.1. The van der Waals surface area contributed by atoms with Crippen LogP contribution in [0.15, 0.2) is 30.3 Å². The maximum absolute atomic E-state index is 13.1. The minimum Gasteiger partial charge on any atom is -0.471 e. The molecule has 210 valence electrons. The third-order valence-electron chi connectivity index (χ3n) is 8.62. The van der Waals surface area contributed by atoms with Crippen LogP contribution < -0.4 is 4.74 Å². The van der Waals surface area contributed by atoms with E-state index < -0.39 is 12.5 Å². The van der Waals surface area contributed by atoms with Crippen LogP contribution in [-0.4, -0.2) is 65.7 Å². The molecule has 0 N–H and O–H groups in total. The van der Waals surface area contributed by atoms with E-state index in [4.69, 9.17) is 4.74 Å². The van der Waals surface area contributed by atoms with Gasteiger partial charge in [0.1, 0.15) is 0 Å². The van der Waals surface area contributed by atoms with Crippen LogP contribution >= 0.6 is 0 Å². The summed E-state index contributed by atoms with van der Waals surface area (Å²) in [5.41, 5.74) is 4.43. The van der Waals surface area contributed by atoms with E-state index in [2.05, 4.69) is 9.88 Å². The highest BCUT2D eigenvalue weighted by atomic mass is 19.3.